The number of carbonyl (C=O) groups is 3. The van der Waals surface area contributed by atoms with Crippen molar-refractivity contribution < 1.29 is 19.5 Å². The van der Waals surface area contributed by atoms with Crippen molar-refractivity contribution in [3.05, 3.63) is 35.4 Å². The topological polar surface area (TPSA) is 86.7 Å². The van der Waals surface area contributed by atoms with Gasteiger partial charge in [-0.05, 0) is 29.0 Å². The molecule has 6 nitrogen and oxygen atoms in total. The van der Waals surface area contributed by atoms with Gasteiger partial charge >= 0.3 is 5.97 Å². The maximum absolute atomic E-state index is 12.5. The number of aliphatic carboxylic acids is 1. The zero-order chi connectivity index (χ0) is 19.4. The van der Waals surface area contributed by atoms with Crippen molar-refractivity contribution in [3.8, 4) is 0 Å². The van der Waals surface area contributed by atoms with E-state index in [2.05, 4.69) is 26.1 Å². The number of hydrogen-bond donors (Lipinski definition) is 2. The Morgan fingerprint density at radius 1 is 1.12 bits per heavy atom. The fraction of sp³-hybridized carbons (Fsp3) is 0.526. The van der Waals surface area contributed by atoms with Crippen LogP contribution in [0.5, 0.6) is 0 Å². The number of nitrogens with zero attached hydrogens (tertiary/aromatic N) is 1. The van der Waals surface area contributed by atoms with E-state index in [-0.39, 0.29) is 17.2 Å². The quantitative estimate of drug-likeness (QED) is 0.826. The van der Waals surface area contributed by atoms with Crippen LogP contribution in [0, 0.1) is 5.92 Å². The molecule has 1 atom stereocenters. The summed E-state index contributed by atoms with van der Waals surface area (Å²) < 4.78 is 0. The molecule has 1 aromatic rings. The molecule has 0 saturated carbocycles. The lowest BCUT2D eigenvalue weighted by Crippen LogP contribution is -2.51. The Hall–Kier alpha value is -2.37. The molecule has 0 heterocycles. The summed E-state index contributed by atoms with van der Waals surface area (Å²) in [6, 6.07) is 6.49. The first-order valence-corrected chi connectivity index (χ1v) is 8.31. The molecule has 1 rings (SSSR count). The maximum Gasteiger partial charge on any atom is 0.323 e. The van der Waals surface area contributed by atoms with Crippen LogP contribution < -0.4 is 5.32 Å². The summed E-state index contributed by atoms with van der Waals surface area (Å²) in [7, 11) is 1.41. The minimum absolute atomic E-state index is 0.00894. The Kier molecular flexibility index (Phi) is 6.73. The lowest BCUT2D eigenvalue weighted by atomic mass is 9.86. The second-order valence-corrected chi connectivity index (χ2v) is 7.61. The van der Waals surface area contributed by atoms with Gasteiger partial charge < -0.3 is 15.3 Å². The van der Waals surface area contributed by atoms with Crippen LogP contribution in [0.2, 0.25) is 0 Å². The number of hydrogen-bond acceptors (Lipinski definition) is 3. The number of amides is 2. The third-order valence-corrected chi connectivity index (χ3v) is 3.98. The van der Waals surface area contributed by atoms with Gasteiger partial charge in [0.15, 0.2) is 0 Å². The van der Waals surface area contributed by atoms with Gasteiger partial charge in [0, 0.05) is 12.6 Å². The maximum atomic E-state index is 12.5. The van der Waals surface area contributed by atoms with Gasteiger partial charge in [-0.15, -0.1) is 0 Å². The van der Waals surface area contributed by atoms with Gasteiger partial charge in [0.1, 0.15) is 12.6 Å². The minimum atomic E-state index is -1.09. The predicted molar refractivity (Wildman–Crippen MR) is 96.5 cm³/mol. The van der Waals surface area contributed by atoms with Crippen molar-refractivity contribution >= 4 is 17.8 Å². The van der Waals surface area contributed by atoms with E-state index in [1.807, 2.05) is 12.1 Å². The van der Waals surface area contributed by atoms with Crippen LogP contribution in [0.1, 0.15) is 50.5 Å². The molecular formula is C19H28N2O4. The molecule has 0 aromatic heterocycles. The fourth-order valence-corrected chi connectivity index (χ4v) is 2.38. The van der Waals surface area contributed by atoms with Gasteiger partial charge in [-0.25, -0.2) is 0 Å². The molecule has 1 aromatic carbocycles. The van der Waals surface area contributed by atoms with E-state index in [0.29, 0.717) is 5.56 Å². The highest BCUT2D eigenvalue weighted by Crippen LogP contribution is 2.22. The normalized spacial score (nSPS) is 12.6. The summed E-state index contributed by atoms with van der Waals surface area (Å²) in [6.07, 6.45) is 0. The van der Waals surface area contributed by atoms with E-state index in [1.54, 1.807) is 26.0 Å². The SMILES string of the molecule is CC(C)C(NC(=O)c1ccc(C(C)(C)C)cc1)C(=O)N(C)CC(=O)O. The average molecular weight is 348 g/mol. The third-order valence-electron chi connectivity index (χ3n) is 3.98. The van der Waals surface area contributed by atoms with Crippen molar-refractivity contribution in [1.29, 1.82) is 0 Å². The Bertz CT molecular complexity index is 630. The molecule has 25 heavy (non-hydrogen) atoms. The Morgan fingerprint density at radius 2 is 1.64 bits per heavy atom. The Morgan fingerprint density at radius 3 is 2.04 bits per heavy atom. The van der Waals surface area contributed by atoms with Crippen LogP contribution in [0.15, 0.2) is 24.3 Å². The largest absolute Gasteiger partial charge is 0.480 e. The van der Waals surface area contributed by atoms with E-state index in [9.17, 15) is 14.4 Å². The van der Waals surface area contributed by atoms with Crippen molar-refractivity contribution in [2.75, 3.05) is 13.6 Å². The molecule has 0 radical (unpaired) electrons. The first-order valence-electron chi connectivity index (χ1n) is 8.31. The van der Waals surface area contributed by atoms with Gasteiger partial charge in [-0.2, -0.15) is 0 Å². The summed E-state index contributed by atoms with van der Waals surface area (Å²) in [6.45, 7) is 9.48. The molecule has 2 amide bonds. The lowest BCUT2D eigenvalue weighted by molar-refractivity contribution is -0.144. The second-order valence-electron chi connectivity index (χ2n) is 7.61. The van der Waals surface area contributed by atoms with Crippen LogP contribution >= 0.6 is 0 Å². The van der Waals surface area contributed by atoms with E-state index in [1.165, 1.54) is 7.05 Å². The predicted octanol–water partition coefficient (Wildman–Crippen LogP) is 2.28. The van der Waals surface area contributed by atoms with E-state index in [0.717, 1.165) is 10.5 Å². The van der Waals surface area contributed by atoms with Crippen LogP contribution in [0.25, 0.3) is 0 Å². The average Bonchev–Trinajstić information content (AvgIpc) is 2.50. The summed E-state index contributed by atoms with van der Waals surface area (Å²) in [5.41, 5.74) is 1.57. The Labute approximate surface area is 149 Å². The van der Waals surface area contributed by atoms with Crippen LogP contribution in [0.4, 0.5) is 0 Å². The monoisotopic (exact) mass is 348 g/mol. The molecule has 1 unspecified atom stereocenters. The van der Waals surface area contributed by atoms with Crippen molar-refractivity contribution in [2.45, 2.75) is 46.1 Å². The standard InChI is InChI=1S/C19H28N2O4/c1-12(2)16(18(25)21(6)11-15(22)23)20-17(24)13-7-9-14(10-8-13)19(3,4)5/h7-10,12,16H,11H2,1-6H3,(H,20,24)(H,22,23). The zero-order valence-corrected chi connectivity index (χ0v) is 15.8. The van der Waals surface area contributed by atoms with Gasteiger partial charge in [0.25, 0.3) is 5.91 Å². The number of nitrogens with one attached hydrogen (secondary N) is 1. The van der Waals surface area contributed by atoms with Gasteiger partial charge in [-0.1, -0.05) is 46.8 Å². The molecule has 138 valence electrons. The highest BCUT2D eigenvalue weighted by Gasteiger charge is 2.28. The highest BCUT2D eigenvalue weighted by atomic mass is 16.4. The summed E-state index contributed by atoms with van der Waals surface area (Å²) >= 11 is 0. The fourth-order valence-electron chi connectivity index (χ4n) is 2.38. The first-order chi connectivity index (χ1) is 11.4. The summed E-state index contributed by atoms with van der Waals surface area (Å²) in [4.78, 5) is 36.8. The van der Waals surface area contributed by atoms with Crippen LogP contribution in [-0.4, -0.2) is 47.4 Å². The van der Waals surface area contributed by atoms with Crippen molar-refractivity contribution in [3.63, 3.8) is 0 Å². The number of carboxylic acids is 1. The second kappa shape index (κ2) is 8.14. The van der Waals surface area contributed by atoms with Crippen LogP contribution in [0.3, 0.4) is 0 Å². The minimum Gasteiger partial charge on any atom is -0.480 e. The first kappa shape index (κ1) is 20.7. The van der Waals surface area contributed by atoms with Gasteiger partial charge in [0.05, 0.1) is 0 Å². The highest BCUT2D eigenvalue weighted by molar-refractivity contribution is 5.98. The van der Waals surface area contributed by atoms with E-state index in [4.69, 9.17) is 5.11 Å². The number of rotatable bonds is 6. The van der Waals surface area contributed by atoms with Gasteiger partial charge in [-0.3, -0.25) is 14.4 Å². The molecule has 2 N–H and O–H groups in total. The number of benzene rings is 1. The third kappa shape index (κ3) is 5.89. The number of carbonyl (C=O) groups excluding carboxylic acids is 2. The molecule has 0 aliphatic rings. The Balaban J connectivity index is 2.89. The van der Waals surface area contributed by atoms with Crippen LogP contribution in [-0.2, 0) is 15.0 Å². The number of carboxylic acid groups (broad SMARTS) is 1. The summed E-state index contributed by atoms with van der Waals surface area (Å²) in [5, 5.41) is 11.5. The van der Waals surface area contributed by atoms with Crippen molar-refractivity contribution in [1.82, 2.24) is 10.2 Å². The molecule has 0 aliphatic heterocycles. The number of likely N-dealkylation sites (N-methyl/N-ethyl adjacent to an activating group) is 1. The lowest BCUT2D eigenvalue weighted by Gasteiger charge is -2.26. The van der Waals surface area contributed by atoms with Crippen molar-refractivity contribution in [2.24, 2.45) is 5.92 Å². The smallest absolute Gasteiger partial charge is 0.323 e. The summed E-state index contributed by atoms with van der Waals surface area (Å²) in [5.74, 6) is -2.03. The molecule has 0 bridgehead atoms. The van der Waals surface area contributed by atoms with Gasteiger partial charge in [0.2, 0.25) is 5.91 Å². The molecule has 0 fully saturated rings. The molecule has 0 spiro atoms. The molecule has 6 heteroatoms. The molecule has 0 saturated heterocycles. The van der Waals surface area contributed by atoms with E-state index >= 15 is 0 Å². The zero-order valence-electron chi connectivity index (χ0n) is 15.8. The van der Waals surface area contributed by atoms with E-state index < -0.39 is 24.5 Å². The molecule has 0 aliphatic carbocycles. The molecular weight excluding hydrogens is 320 g/mol.